The zero-order valence-corrected chi connectivity index (χ0v) is 12.9. The molecule has 0 spiro atoms. The van der Waals surface area contributed by atoms with Crippen molar-refractivity contribution in [2.45, 2.75) is 46.0 Å². The minimum absolute atomic E-state index is 0.399. The summed E-state index contributed by atoms with van der Waals surface area (Å²) in [5.41, 5.74) is 0.399. The second kappa shape index (κ2) is 8.49. The standard InChI is InChI=1S/C14H27BrO2/c1-13(2)10-16-8-9-17-12-14(11-15)6-4-3-5-7-14/h13H,3-12H2,1-2H3. The Bertz CT molecular complexity index is 189. The molecule has 0 saturated heterocycles. The molecule has 0 aromatic rings. The molecule has 0 heterocycles. The number of hydrogen-bond donors (Lipinski definition) is 0. The van der Waals surface area contributed by atoms with E-state index < -0.39 is 0 Å². The Morgan fingerprint density at radius 1 is 1.06 bits per heavy atom. The highest BCUT2D eigenvalue weighted by Crippen LogP contribution is 2.37. The topological polar surface area (TPSA) is 18.5 Å². The van der Waals surface area contributed by atoms with E-state index in [1.807, 2.05) is 0 Å². The van der Waals surface area contributed by atoms with E-state index in [4.69, 9.17) is 9.47 Å². The van der Waals surface area contributed by atoms with Crippen molar-refractivity contribution in [3.8, 4) is 0 Å². The Hall–Kier alpha value is 0.400. The zero-order chi connectivity index (χ0) is 12.6. The first-order valence-electron chi connectivity index (χ1n) is 6.90. The molecule has 3 heteroatoms. The van der Waals surface area contributed by atoms with Crippen LogP contribution < -0.4 is 0 Å². The molecule has 0 atom stereocenters. The van der Waals surface area contributed by atoms with Gasteiger partial charge < -0.3 is 9.47 Å². The summed E-state index contributed by atoms with van der Waals surface area (Å²) in [5, 5.41) is 1.08. The van der Waals surface area contributed by atoms with Gasteiger partial charge in [0.2, 0.25) is 0 Å². The molecule has 0 bridgehead atoms. The molecule has 0 aromatic carbocycles. The molecule has 0 aromatic heterocycles. The van der Waals surface area contributed by atoms with Crippen LogP contribution in [0.15, 0.2) is 0 Å². The van der Waals surface area contributed by atoms with Crippen molar-refractivity contribution in [3.63, 3.8) is 0 Å². The van der Waals surface area contributed by atoms with Gasteiger partial charge in [-0.05, 0) is 18.8 Å². The minimum atomic E-state index is 0.399. The fourth-order valence-corrected chi connectivity index (χ4v) is 3.07. The molecule has 1 aliphatic carbocycles. The van der Waals surface area contributed by atoms with E-state index in [0.717, 1.165) is 31.8 Å². The maximum Gasteiger partial charge on any atom is 0.0700 e. The molecule has 0 unspecified atom stereocenters. The van der Waals surface area contributed by atoms with Gasteiger partial charge in [-0.25, -0.2) is 0 Å². The first-order chi connectivity index (χ1) is 8.18. The highest BCUT2D eigenvalue weighted by atomic mass is 79.9. The second-order valence-electron chi connectivity index (χ2n) is 5.72. The van der Waals surface area contributed by atoms with Crippen LogP contribution in [0.2, 0.25) is 0 Å². The maximum absolute atomic E-state index is 5.79. The number of hydrogen-bond acceptors (Lipinski definition) is 2. The van der Waals surface area contributed by atoms with Crippen molar-refractivity contribution in [1.29, 1.82) is 0 Å². The van der Waals surface area contributed by atoms with E-state index in [1.165, 1.54) is 32.1 Å². The fourth-order valence-electron chi connectivity index (χ4n) is 2.34. The van der Waals surface area contributed by atoms with Gasteiger partial charge in [0.15, 0.2) is 0 Å². The molecular formula is C14H27BrO2. The third-order valence-electron chi connectivity index (χ3n) is 3.43. The molecule has 1 saturated carbocycles. The van der Waals surface area contributed by atoms with Gasteiger partial charge in [-0.15, -0.1) is 0 Å². The van der Waals surface area contributed by atoms with Crippen molar-refractivity contribution in [3.05, 3.63) is 0 Å². The first kappa shape index (κ1) is 15.5. The Morgan fingerprint density at radius 2 is 1.71 bits per heavy atom. The molecule has 1 fully saturated rings. The first-order valence-corrected chi connectivity index (χ1v) is 8.02. The maximum atomic E-state index is 5.79. The van der Waals surface area contributed by atoms with Gasteiger partial charge >= 0.3 is 0 Å². The van der Waals surface area contributed by atoms with Crippen molar-refractivity contribution in [1.82, 2.24) is 0 Å². The Kier molecular flexibility index (Phi) is 7.72. The molecule has 2 nitrogen and oxygen atoms in total. The van der Waals surface area contributed by atoms with Crippen molar-refractivity contribution in [2.24, 2.45) is 11.3 Å². The smallest absolute Gasteiger partial charge is 0.0700 e. The van der Waals surface area contributed by atoms with E-state index in [0.29, 0.717) is 11.3 Å². The SMILES string of the molecule is CC(C)COCCOCC1(CBr)CCCCC1. The molecular weight excluding hydrogens is 280 g/mol. The molecule has 1 rings (SSSR count). The van der Waals surface area contributed by atoms with Gasteiger partial charge in [-0.2, -0.15) is 0 Å². The van der Waals surface area contributed by atoms with Gasteiger partial charge in [0.05, 0.1) is 19.8 Å². The summed E-state index contributed by atoms with van der Waals surface area (Å²) in [7, 11) is 0. The van der Waals surface area contributed by atoms with Gasteiger partial charge in [-0.1, -0.05) is 49.0 Å². The van der Waals surface area contributed by atoms with E-state index in [1.54, 1.807) is 0 Å². The predicted molar refractivity (Wildman–Crippen MR) is 75.8 cm³/mol. The van der Waals surface area contributed by atoms with Crippen molar-refractivity contribution < 1.29 is 9.47 Å². The largest absolute Gasteiger partial charge is 0.379 e. The lowest BCUT2D eigenvalue weighted by Gasteiger charge is -2.35. The van der Waals surface area contributed by atoms with Crippen LogP contribution in [-0.2, 0) is 9.47 Å². The molecule has 0 N–H and O–H groups in total. The summed E-state index contributed by atoms with van der Waals surface area (Å²) < 4.78 is 11.3. The van der Waals surface area contributed by atoms with Gasteiger partial charge in [0.25, 0.3) is 0 Å². The molecule has 0 radical (unpaired) electrons. The lowest BCUT2D eigenvalue weighted by molar-refractivity contribution is -0.00431. The van der Waals surface area contributed by atoms with Crippen LogP contribution in [0.4, 0.5) is 0 Å². The average molecular weight is 307 g/mol. The Balaban J connectivity index is 2.07. The number of alkyl halides is 1. The third kappa shape index (κ3) is 6.21. The van der Waals surface area contributed by atoms with Crippen LogP contribution in [0, 0.1) is 11.3 Å². The quantitative estimate of drug-likeness (QED) is 0.498. The Morgan fingerprint density at radius 3 is 2.29 bits per heavy atom. The van der Waals surface area contributed by atoms with E-state index in [9.17, 15) is 0 Å². The van der Waals surface area contributed by atoms with E-state index >= 15 is 0 Å². The fraction of sp³-hybridized carbons (Fsp3) is 1.00. The van der Waals surface area contributed by atoms with Crippen LogP contribution in [0.25, 0.3) is 0 Å². The molecule has 1 aliphatic rings. The van der Waals surface area contributed by atoms with E-state index in [-0.39, 0.29) is 0 Å². The van der Waals surface area contributed by atoms with Gasteiger partial charge in [0.1, 0.15) is 0 Å². The third-order valence-corrected chi connectivity index (χ3v) is 4.62. The zero-order valence-electron chi connectivity index (χ0n) is 11.3. The van der Waals surface area contributed by atoms with Crippen LogP contribution in [0.1, 0.15) is 46.0 Å². The van der Waals surface area contributed by atoms with Crippen LogP contribution in [0.5, 0.6) is 0 Å². The summed E-state index contributed by atoms with van der Waals surface area (Å²) in [4.78, 5) is 0. The highest BCUT2D eigenvalue weighted by Gasteiger charge is 2.30. The summed E-state index contributed by atoms with van der Waals surface area (Å²) in [6, 6.07) is 0. The summed E-state index contributed by atoms with van der Waals surface area (Å²) in [6.07, 6.45) is 6.74. The Labute approximate surface area is 115 Å². The number of rotatable bonds is 8. The summed E-state index contributed by atoms with van der Waals surface area (Å²) in [6.45, 7) is 7.54. The lowest BCUT2D eigenvalue weighted by Crippen LogP contribution is -2.32. The minimum Gasteiger partial charge on any atom is -0.379 e. The molecule has 0 amide bonds. The van der Waals surface area contributed by atoms with Crippen molar-refractivity contribution >= 4 is 15.9 Å². The number of ether oxygens (including phenoxy) is 2. The van der Waals surface area contributed by atoms with Gasteiger partial charge in [0, 0.05) is 17.4 Å². The van der Waals surface area contributed by atoms with Crippen LogP contribution in [-0.4, -0.2) is 31.8 Å². The van der Waals surface area contributed by atoms with Crippen molar-refractivity contribution in [2.75, 3.05) is 31.8 Å². The molecule has 17 heavy (non-hydrogen) atoms. The predicted octanol–water partition coefficient (Wildman–Crippen LogP) is 4.02. The van der Waals surface area contributed by atoms with E-state index in [2.05, 4.69) is 29.8 Å². The molecule has 102 valence electrons. The normalized spacial score (nSPS) is 19.8. The monoisotopic (exact) mass is 306 g/mol. The van der Waals surface area contributed by atoms with Crippen LogP contribution in [0.3, 0.4) is 0 Å². The second-order valence-corrected chi connectivity index (χ2v) is 6.28. The number of halogens is 1. The lowest BCUT2D eigenvalue weighted by atomic mass is 9.76. The molecule has 0 aliphatic heterocycles. The van der Waals surface area contributed by atoms with Gasteiger partial charge in [-0.3, -0.25) is 0 Å². The summed E-state index contributed by atoms with van der Waals surface area (Å²) in [5.74, 6) is 0.613. The average Bonchev–Trinajstić information content (AvgIpc) is 2.34. The highest BCUT2D eigenvalue weighted by molar-refractivity contribution is 9.09. The summed E-state index contributed by atoms with van der Waals surface area (Å²) >= 11 is 3.66. The van der Waals surface area contributed by atoms with Crippen LogP contribution >= 0.6 is 15.9 Å².